The van der Waals surface area contributed by atoms with Crippen LogP contribution in [0.4, 0.5) is 10.1 Å². The second kappa shape index (κ2) is 3.14. The molecule has 0 spiro atoms. The monoisotopic (exact) mass is 170 g/mol. The predicted molar refractivity (Wildman–Crippen MR) is 40.3 cm³/mol. The molecule has 0 fully saturated rings. The van der Waals surface area contributed by atoms with Crippen molar-refractivity contribution in [3.63, 3.8) is 0 Å². The molecule has 5 N–H and O–H groups in total. The summed E-state index contributed by atoms with van der Waals surface area (Å²) in [6, 6.07) is 1.16. The molecule has 0 saturated carbocycles. The number of aromatic nitrogens is 1. The number of carbonyl (C=O) groups is 1. The molecule has 5 nitrogen and oxygen atoms in total. The van der Waals surface area contributed by atoms with E-state index in [2.05, 4.69) is 4.98 Å². The lowest BCUT2D eigenvalue weighted by molar-refractivity contribution is 0.0948. The molecule has 0 aliphatic rings. The maximum atomic E-state index is 12.7. The second-order valence-electron chi connectivity index (χ2n) is 2.08. The zero-order chi connectivity index (χ0) is 9.14. The first-order valence-corrected chi connectivity index (χ1v) is 3.07. The summed E-state index contributed by atoms with van der Waals surface area (Å²) in [6.07, 6.45) is 1.11. The Morgan fingerprint density at radius 1 is 1.67 bits per heavy atom. The van der Waals surface area contributed by atoms with Crippen LogP contribution in [0.15, 0.2) is 12.3 Å². The van der Waals surface area contributed by atoms with E-state index in [4.69, 9.17) is 11.6 Å². The van der Waals surface area contributed by atoms with Gasteiger partial charge in [0.15, 0.2) is 0 Å². The van der Waals surface area contributed by atoms with Gasteiger partial charge in [-0.2, -0.15) is 4.39 Å². The molecule has 1 heterocycles. The smallest absolute Gasteiger partial charge is 0.269 e. The number of nitrogens with two attached hydrogens (primary N) is 2. The van der Waals surface area contributed by atoms with E-state index in [-0.39, 0.29) is 11.3 Å². The van der Waals surface area contributed by atoms with Gasteiger partial charge in [0, 0.05) is 0 Å². The van der Waals surface area contributed by atoms with Gasteiger partial charge in [-0.1, -0.05) is 0 Å². The lowest BCUT2D eigenvalue weighted by Crippen LogP contribution is -2.31. The number of anilines is 1. The van der Waals surface area contributed by atoms with Gasteiger partial charge in [0.05, 0.1) is 17.4 Å². The number of rotatable bonds is 1. The molecule has 1 aromatic heterocycles. The van der Waals surface area contributed by atoms with Crippen molar-refractivity contribution in [1.29, 1.82) is 0 Å². The fourth-order valence-corrected chi connectivity index (χ4v) is 0.701. The van der Waals surface area contributed by atoms with Gasteiger partial charge in [0.1, 0.15) is 0 Å². The quantitative estimate of drug-likeness (QED) is 0.227. The molecule has 0 unspecified atom stereocenters. The Morgan fingerprint density at radius 3 is 2.92 bits per heavy atom. The molecule has 0 bridgehead atoms. The SMILES string of the molecule is NNC(=O)c1cc(N)cnc1F. The van der Waals surface area contributed by atoms with E-state index < -0.39 is 11.9 Å². The third kappa shape index (κ3) is 1.48. The zero-order valence-electron chi connectivity index (χ0n) is 6.04. The Morgan fingerprint density at radius 2 is 2.33 bits per heavy atom. The van der Waals surface area contributed by atoms with Crippen molar-refractivity contribution in [1.82, 2.24) is 10.4 Å². The van der Waals surface area contributed by atoms with Crippen LogP contribution in [0.5, 0.6) is 0 Å². The van der Waals surface area contributed by atoms with E-state index in [1.807, 2.05) is 0 Å². The Labute approximate surface area is 67.5 Å². The van der Waals surface area contributed by atoms with E-state index in [0.29, 0.717) is 0 Å². The van der Waals surface area contributed by atoms with Crippen molar-refractivity contribution < 1.29 is 9.18 Å². The predicted octanol–water partition coefficient (Wildman–Crippen LogP) is -0.594. The summed E-state index contributed by atoms with van der Waals surface area (Å²) >= 11 is 0. The molecule has 0 saturated heterocycles. The number of halogens is 1. The van der Waals surface area contributed by atoms with Crippen LogP contribution >= 0.6 is 0 Å². The standard InChI is InChI=1S/C6H7FN4O/c7-5-4(6(12)11-9)1-3(8)2-10-5/h1-2H,8-9H2,(H,11,12). The minimum absolute atomic E-state index is 0.204. The van der Waals surface area contributed by atoms with Gasteiger partial charge in [-0.05, 0) is 6.07 Å². The normalized spacial score (nSPS) is 9.50. The van der Waals surface area contributed by atoms with E-state index in [1.54, 1.807) is 5.43 Å². The van der Waals surface area contributed by atoms with Crippen LogP contribution in [0, 0.1) is 5.95 Å². The minimum atomic E-state index is -0.896. The lowest BCUT2D eigenvalue weighted by atomic mass is 10.2. The fraction of sp³-hybridized carbons (Fsp3) is 0. The van der Waals surface area contributed by atoms with Gasteiger partial charge in [-0.15, -0.1) is 0 Å². The summed E-state index contributed by atoms with van der Waals surface area (Å²) in [5.41, 5.74) is 6.98. The average molecular weight is 170 g/mol. The summed E-state index contributed by atoms with van der Waals surface area (Å²) < 4.78 is 12.7. The largest absolute Gasteiger partial charge is 0.397 e. The van der Waals surface area contributed by atoms with Gasteiger partial charge >= 0.3 is 0 Å². The van der Waals surface area contributed by atoms with Crippen LogP contribution < -0.4 is 17.0 Å². The maximum absolute atomic E-state index is 12.7. The van der Waals surface area contributed by atoms with E-state index in [9.17, 15) is 9.18 Å². The van der Waals surface area contributed by atoms with Crippen LogP contribution in [-0.4, -0.2) is 10.9 Å². The number of nitrogens with one attached hydrogen (secondary N) is 1. The van der Waals surface area contributed by atoms with Gasteiger partial charge in [-0.3, -0.25) is 10.2 Å². The molecule has 0 atom stereocenters. The molecule has 1 rings (SSSR count). The first-order valence-electron chi connectivity index (χ1n) is 3.07. The first-order chi connectivity index (χ1) is 5.65. The maximum Gasteiger partial charge on any atom is 0.269 e. The van der Waals surface area contributed by atoms with Crippen LogP contribution in [0.3, 0.4) is 0 Å². The number of hydrogen-bond donors (Lipinski definition) is 3. The van der Waals surface area contributed by atoms with Gasteiger partial charge < -0.3 is 5.73 Å². The number of pyridine rings is 1. The van der Waals surface area contributed by atoms with Crippen LogP contribution in [0.25, 0.3) is 0 Å². The Hall–Kier alpha value is -1.69. The number of carbonyl (C=O) groups excluding carboxylic acids is 1. The number of nitrogen functional groups attached to an aromatic ring is 2. The van der Waals surface area contributed by atoms with Crippen molar-refractivity contribution in [3.8, 4) is 0 Å². The zero-order valence-corrected chi connectivity index (χ0v) is 6.04. The van der Waals surface area contributed by atoms with Crippen LogP contribution in [0.1, 0.15) is 10.4 Å². The van der Waals surface area contributed by atoms with Crippen molar-refractivity contribution in [2.75, 3.05) is 5.73 Å². The summed E-state index contributed by atoms with van der Waals surface area (Å²) in [7, 11) is 0. The Kier molecular flexibility index (Phi) is 2.20. The van der Waals surface area contributed by atoms with Gasteiger partial charge in [0.2, 0.25) is 5.95 Å². The van der Waals surface area contributed by atoms with Gasteiger partial charge in [-0.25, -0.2) is 10.8 Å². The van der Waals surface area contributed by atoms with Crippen molar-refractivity contribution in [2.45, 2.75) is 0 Å². The van der Waals surface area contributed by atoms with E-state index >= 15 is 0 Å². The van der Waals surface area contributed by atoms with Crippen molar-refractivity contribution in [2.24, 2.45) is 5.84 Å². The van der Waals surface area contributed by atoms with Gasteiger partial charge in [0.25, 0.3) is 5.91 Å². The summed E-state index contributed by atoms with van der Waals surface area (Å²) in [6.45, 7) is 0. The van der Waals surface area contributed by atoms with Crippen LogP contribution in [0.2, 0.25) is 0 Å². The highest BCUT2D eigenvalue weighted by molar-refractivity contribution is 5.94. The lowest BCUT2D eigenvalue weighted by Gasteiger charge is -2.00. The molecule has 12 heavy (non-hydrogen) atoms. The molecule has 0 aliphatic carbocycles. The second-order valence-corrected chi connectivity index (χ2v) is 2.08. The van der Waals surface area contributed by atoms with Crippen molar-refractivity contribution in [3.05, 3.63) is 23.8 Å². The molecule has 1 amide bonds. The Bertz CT molecular complexity index is 314. The summed E-state index contributed by atoms with van der Waals surface area (Å²) in [5, 5.41) is 0. The highest BCUT2D eigenvalue weighted by Crippen LogP contribution is 2.07. The summed E-state index contributed by atoms with van der Waals surface area (Å²) in [5.74, 6) is 3.13. The molecule has 64 valence electrons. The topological polar surface area (TPSA) is 94.0 Å². The van der Waals surface area contributed by atoms with Crippen molar-refractivity contribution >= 4 is 11.6 Å². The van der Waals surface area contributed by atoms with E-state index in [0.717, 1.165) is 12.3 Å². The number of hydrogen-bond acceptors (Lipinski definition) is 4. The molecular formula is C6H7FN4O. The molecule has 1 aromatic rings. The Balaban J connectivity index is 3.13. The minimum Gasteiger partial charge on any atom is -0.397 e. The van der Waals surface area contributed by atoms with E-state index in [1.165, 1.54) is 0 Å². The van der Waals surface area contributed by atoms with Crippen LogP contribution in [-0.2, 0) is 0 Å². The number of amides is 1. The summed E-state index contributed by atoms with van der Waals surface area (Å²) in [4.78, 5) is 14.1. The average Bonchev–Trinajstić information content (AvgIpc) is 2.08. The molecule has 0 radical (unpaired) electrons. The highest BCUT2D eigenvalue weighted by Gasteiger charge is 2.11. The number of hydrazine groups is 1. The highest BCUT2D eigenvalue weighted by atomic mass is 19.1. The number of nitrogens with zero attached hydrogens (tertiary/aromatic N) is 1. The molecule has 6 heteroatoms. The molecular weight excluding hydrogens is 163 g/mol. The molecule has 0 aliphatic heterocycles. The first kappa shape index (κ1) is 8.41. The molecule has 0 aromatic carbocycles. The fourth-order valence-electron chi connectivity index (χ4n) is 0.701. The third-order valence-corrected chi connectivity index (χ3v) is 1.24. The third-order valence-electron chi connectivity index (χ3n) is 1.24.